The first-order valence-electron chi connectivity index (χ1n) is 3.13. The molecule has 0 heterocycles. The van der Waals surface area contributed by atoms with Crippen LogP contribution in [0.2, 0.25) is 0 Å². The summed E-state index contributed by atoms with van der Waals surface area (Å²) in [6, 6.07) is 0. The molecule has 0 nitrogen and oxygen atoms in total. The second-order valence-electron chi connectivity index (χ2n) is 1.95. The first kappa shape index (κ1) is 5.49. The molecule has 44 valence electrons. The molecule has 1 aliphatic rings. The highest BCUT2D eigenvalue weighted by atomic mass is 13.9. The standard InChI is InChI=1S/C8H11/c1-2-4-6-8-7-5-3-1/h1-3,6,8H,4-5,7H2/q-1/b2-1-,8-6-. The Kier molecular flexibility index (Phi) is 2.31. The molecule has 0 atom stereocenters. The molecule has 0 aliphatic heterocycles. The Morgan fingerprint density at radius 3 is 3.12 bits per heavy atom. The smallest absolute Gasteiger partial charge is 0.0469 e. The Hall–Kier alpha value is -0.650. The van der Waals surface area contributed by atoms with Crippen molar-refractivity contribution in [1.29, 1.82) is 0 Å². The van der Waals surface area contributed by atoms with E-state index in [0.717, 1.165) is 6.42 Å². The molecule has 0 spiro atoms. The number of allylic oxidation sites excluding steroid dienone is 4. The van der Waals surface area contributed by atoms with Gasteiger partial charge in [-0.1, -0.05) is 18.9 Å². The number of hydrogen-bond donors (Lipinski definition) is 0. The van der Waals surface area contributed by atoms with Crippen molar-refractivity contribution in [2.45, 2.75) is 19.3 Å². The number of hydrogen-bond acceptors (Lipinski definition) is 0. The van der Waals surface area contributed by atoms with Gasteiger partial charge in [0.1, 0.15) is 0 Å². The van der Waals surface area contributed by atoms with Crippen LogP contribution in [0, 0.1) is 6.42 Å². The predicted octanol–water partition coefficient (Wildman–Crippen LogP) is 2.49. The van der Waals surface area contributed by atoms with E-state index in [2.05, 4.69) is 30.7 Å². The van der Waals surface area contributed by atoms with Gasteiger partial charge in [-0.15, -0.1) is 6.08 Å². The molecule has 0 fully saturated rings. The molecule has 1 rings (SSSR count). The second-order valence-corrected chi connectivity index (χ2v) is 1.95. The predicted molar refractivity (Wildman–Crippen MR) is 36.4 cm³/mol. The normalized spacial score (nSPS) is 27.0. The third kappa shape index (κ3) is 1.87. The van der Waals surface area contributed by atoms with Crippen LogP contribution in [0.3, 0.4) is 0 Å². The van der Waals surface area contributed by atoms with Crippen LogP contribution in [0.15, 0.2) is 24.3 Å². The lowest BCUT2D eigenvalue weighted by molar-refractivity contribution is 0.987. The SMILES string of the molecule is C1=C\C/C=C\CC[CH-]/1. The Morgan fingerprint density at radius 2 is 2.12 bits per heavy atom. The maximum atomic E-state index is 2.24. The zero-order valence-electron chi connectivity index (χ0n) is 5.01. The summed E-state index contributed by atoms with van der Waals surface area (Å²) in [7, 11) is 0. The maximum absolute atomic E-state index is 2.24. The van der Waals surface area contributed by atoms with Gasteiger partial charge >= 0.3 is 0 Å². The molecule has 0 aromatic heterocycles. The van der Waals surface area contributed by atoms with Crippen LogP contribution in [0.4, 0.5) is 0 Å². The minimum atomic E-state index is 1.11. The van der Waals surface area contributed by atoms with Gasteiger partial charge in [-0.25, -0.2) is 18.6 Å². The van der Waals surface area contributed by atoms with E-state index in [9.17, 15) is 0 Å². The summed E-state index contributed by atoms with van der Waals surface area (Å²) >= 11 is 0. The molecule has 8 heavy (non-hydrogen) atoms. The minimum absolute atomic E-state index is 1.11. The third-order valence-corrected chi connectivity index (χ3v) is 1.21. The first-order chi connectivity index (χ1) is 4.00. The van der Waals surface area contributed by atoms with Crippen LogP contribution in [-0.4, -0.2) is 0 Å². The van der Waals surface area contributed by atoms with E-state index < -0.39 is 0 Å². The molecular weight excluding hydrogens is 96.1 g/mol. The van der Waals surface area contributed by atoms with E-state index in [0.29, 0.717) is 0 Å². The van der Waals surface area contributed by atoms with Gasteiger partial charge in [0.25, 0.3) is 0 Å². The van der Waals surface area contributed by atoms with Crippen molar-refractivity contribution in [2.24, 2.45) is 0 Å². The third-order valence-electron chi connectivity index (χ3n) is 1.21. The van der Waals surface area contributed by atoms with Crippen molar-refractivity contribution in [1.82, 2.24) is 0 Å². The molecule has 0 unspecified atom stereocenters. The molecule has 1 aliphatic carbocycles. The molecule has 0 amide bonds. The fourth-order valence-electron chi connectivity index (χ4n) is 0.756. The monoisotopic (exact) mass is 107 g/mol. The van der Waals surface area contributed by atoms with Crippen LogP contribution in [0.5, 0.6) is 0 Å². The van der Waals surface area contributed by atoms with Crippen LogP contribution in [-0.2, 0) is 0 Å². The van der Waals surface area contributed by atoms with Crippen molar-refractivity contribution in [3.05, 3.63) is 30.7 Å². The summed E-state index contributed by atoms with van der Waals surface area (Å²) in [4.78, 5) is 0. The highest BCUT2D eigenvalue weighted by Crippen LogP contribution is 2.01. The molecule has 0 saturated carbocycles. The van der Waals surface area contributed by atoms with Crippen molar-refractivity contribution in [3.8, 4) is 0 Å². The quantitative estimate of drug-likeness (QED) is 0.329. The van der Waals surface area contributed by atoms with E-state index in [1.54, 1.807) is 0 Å². The van der Waals surface area contributed by atoms with Crippen molar-refractivity contribution in [3.63, 3.8) is 0 Å². The molecule has 0 aromatic carbocycles. The largest absolute Gasteiger partial charge is 0.232 e. The Morgan fingerprint density at radius 1 is 1.12 bits per heavy atom. The zero-order valence-corrected chi connectivity index (χ0v) is 5.01. The van der Waals surface area contributed by atoms with Crippen molar-refractivity contribution < 1.29 is 0 Å². The molecule has 0 radical (unpaired) electrons. The fraction of sp³-hybridized carbons (Fsp3) is 0.375. The molecule has 0 N–H and O–H groups in total. The van der Waals surface area contributed by atoms with E-state index in [4.69, 9.17) is 0 Å². The summed E-state index contributed by atoms with van der Waals surface area (Å²) in [5.74, 6) is 0. The van der Waals surface area contributed by atoms with Gasteiger partial charge in [-0.2, -0.15) is 0 Å². The molecule has 0 bridgehead atoms. The summed E-state index contributed by atoms with van der Waals surface area (Å²) in [6.07, 6.45) is 14.5. The van der Waals surface area contributed by atoms with Crippen LogP contribution in [0.1, 0.15) is 19.3 Å². The highest BCUT2D eigenvalue weighted by molar-refractivity contribution is 5.02. The molecule has 0 aromatic rings. The molecular formula is C8H11-. The van der Waals surface area contributed by atoms with Crippen LogP contribution < -0.4 is 0 Å². The van der Waals surface area contributed by atoms with Gasteiger partial charge in [-0.05, 0) is 6.42 Å². The van der Waals surface area contributed by atoms with Crippen LogP contribution in [0.25, 0.3) is 0 Å². The van der Waals surface area contributed by atoms with Crippen LogP contribution >= 0.6 is 0 Å². The Labute approximate surface area is 50.9 Å². The first-order valence-corrected chi connectivity index (χ1v) is 3.13. The van der Waals surface area contributed by atoms with E-state index in [1.165, 1.54) is 12.8 Å². The zero-order chi connectivity index (χ0) is 5.66. The summed E-state index contributed by atoms with van der Waals surface area (Å²) in [6.45, 7) is 0. The average Bonchev–Trinajstić information content (AvgIpc) is 1.62. The van der Waals surface area contributed by atoms with Gasteiger partial charge in [0, 0.05) is 0 Å². The summed E-state index contributed by atoms with van der Waals surface area (Å²) < 4.78 is 0. The van der Waals surface area contributed by atoms with Crippen molar-refractivity contribution >= 4 is 0 Å². The topological polar surface area (TPSA) is 0 Å². The lowest BCUT2D eigenvalue weighted by atomic mass is 10.1. The second kappa shape index (κ2) is 3.36. The maximum Gasteiger partial charge on any atom is -0.0469 e. The Balaban J connectivity index is 2.31. The van der Waals surface area contributed by atoms with E-state index >= 15 is 0 Å². The number of rotatable bonds is 0. The lowest BCUT2D eigenvalue weighted by Gasteiger charge is -2.01. The van der Waals surface area contributed by atoms with E-state index in [-0.39, 0.29) is 0 Å². The van der Waals surface area contributed by atoms with Gasteiger partial charge in [-0.3, -0.25) is 0 Å². The van der Waals surface area contributed by atoms with Gasteiger partial charge in [0.05, 0.1) is 0 Å². The van der Waals surface area contributed by atoms with E-state index in [1.807, 2.05) is 0 Å². The van der Waals surface area contributed by atoms with Crippen molar-refractivity contribution in [2.75, 3.05) is 0 Å². The van der Waals surface area contributed by atoms with Gasteiger partial charge in [0.2, 0.25) is 0 Å². The lowest BCUT2D eigenvalue weighted by Crippen LogP contribution is -1.73. The Bertz CT molecular complexity index is 86.6. The van der Waals surface area contributed by atoms with Gasteiger partial charge < -0.3 is 0 Å². The average molecular weight is 107 g/mol. The summed E-state index contributed by atoms with van der Waals surface area (Å²) in [5.41, 5.74) is 0. The fourth-order valence-corrected chi connectivity index (χ4v) is 0.756. The summed E-state index contributed by atoms with van der Waals surface area (Å²) in [5, 5.41) is 0. The molecule has 0 saturated heterocycles. The minimum Gasteiger partial charge on any atom is -0.232 e. The highest BCUT2D eigenvalue weighted by Gasteiger charge is 1.75. The van der Waals surface area contributed by atoms with Gasteiger partial charge in [0.15, 0.2) is 0 Å². The molecule has 0 heteroatoms.